The third kappa shape index (κ3) is 4.59. The second-order valence-electron chi connectivity index (χ2n) is 7.81. The van der Waals surface area contributed by atoms with Gasteiger partial charge >= 0.3 is 0 Å². The zero-order valence-electron chi connectivity index (χ0n) is 18.0. The van der Waals surface area contributed by atoms with E-state index >= 15 is 0 Å². The highest BCUT2D eigenvalue weighted by Crippen LogP contribution is 2.13. The molecule has 32 heavy (non-hydrogen) atoms. The molecule has 10 heteroatoms. The maximum absolute atomic E-state index is 12.6. The van der Waals surface area contributed by atoms with Gasteiger partial charge < -0.3 is 15.1 Å². The molecular weight excluding hydrogens is 410 g/mol. The Morgan fingerprint density at radius 2 is 1.78 bits per heavy atom. The van der Waals surface area contributed by atoms with E-state index in [0.717, 1.165) is 31.7 Å². The highest BCUT2D eigenvalue weighted by molar-refractivity contribution is 5.95. The number of benzene rings is 1. The van der Waals surface area contributed by atoms with Crippen LogP contribution in [0.2, 0.25) is 0 Å². The van der Waals surface area contributed by atoms with Gasteiger partial charge in [0.15, 0.2) is 5.82 Å². The van der Waals surface area contributed by atoms with E-state index in [4.69, 9.17) is 0 Å². The smallest absolute Gasteiger partial charge is 0.264 e. The molecule has 166 valence electrons. The van der Waals surface area contributed by atoms with Gasteiger partial charge in [0.25, 0.3) is 17.4 Å². The van der Waals surface area contributed by atoms with Crippen molar-refractivity contribution in [1.82, 2.24) is 35.1 Å². The van der Waals surface area contributed by atoms with Crippen molar-refractivity contribution in [3.63, 3.8) is 0 Å². The van der Waals surface area contributed by atoms with E-state index < -0.39 is 0 Å². The Balaban J connectivity index is 1.37. The zero-order valence-corrected chi connectivity index (χ0v) is 18.0. The normalized spacial score (nSPS) is 14.4. The number of aromatic nitrogens is 4. The Labute approximate surface area is 184 Å². The molecule has 10 nitrogen and oxygen atoms in total. The number of carbonyl (C=O) groups excluding carboxylic acids is 2. The van der Waals surface area contributed by atoms with Gasteiger partial charge in [0.05, 0.1) is 17.5 Å². The molecule has 0 unspecified atom stereocenters. The summed E-state index contributed by atoms with van der Waals surface area (Å²) in [6.07, 6.45) is 1.47. The molecule has 2 N–H and O–H groups in total. The first-order valence-corrected chi connectivity index (χ1v) is 10.4. The van der Waals surface area contributed by atoms with E-state index in [1.54, 1.807) is 19.1 Å². The minimum atomic E-state index is -0.312. The number of likely N-dealkylation sites (N-methyl/N-ethyl adjacent to an activating group) is 1. The van der Waals surface area contributed by atoms with E-state index in [9.17, 15) is 14.4 Å². The van der Waals surface area contributed by atoms with E-state index in [1.165, 1.54) is 23.0 Å². The number of piperazine rings is 1. The van der Waals surface area contributed by atoms with Crippen LogP contribution in [0.15, 0.2) is 47.4 Å². The largest absolute Gasteiger partial charge is 0.348 e. The highest BCUT2D eigenvalue weighted by atomic mass is 16.2. The molecule has 0 saturated carbocycles. The van der Waals surface area contributed by atoms with Crippen LogP contribution in [0.3, 0.4) is 0 Å². The molecule has 1 aromatic carbocycles. The lowest BCUT2D eigenvalue weighted by molar-refractivity contribution is 0.0664. The summed E-state index contributed by atoms with van der Waals surface area (Å²) >= 11 is 0. The van der Waals surface area contributed by atoms with Gasteiger partial charge in [-0.25, -0.2) is 9.78 Å². The Morgan fingerprint density at radius 1 is 1.06 bits per heavy atom. The van der Waals surface area contributed by atoms with Crippen LogP contribution < -0.4 is 10.9 Å². The van der Waals surface area contributed by atoms with Crippen molar-refractivity contribution in [2.75, 3.05) is 33.2 Å². The predicted molar refractivity (Wildman–Crippen MR) is 118 cm³/mol. The zero-order chi connectivity index (χ0) is 22.7. The Morgan fingerprint density at radius 3 is 2.44 bits per heavy atom. The molecule has 0 aliphatic carbocycles. The lowest BCUT2D eigenvalue weighted by Crippen LogP contribution is -2.47. The van der Waals surface area contributed by atoms with Gasteiger partial charge in [0, 0.05) is 44.4 Å². The van der Waals surface area contributed by atoms with E-state index in [1.807, 2.05) is 17.0 Å². The van der Waals surface area contributed by atoms with Crippen LogP contribution in [-0.2, 0) is 6.54 Å². The minimum absolute atomic E-state index is 0.0348. The molecule has 1 aliphatic rings. The number of hydrogen-bond acceptors (Lipinski definition) is 6. The number of amides is 2. The van der Waals surface area contributed by atoms with Crippen molar-refractivity contribution in [2.45, 2.75) is 13.5 Å². The fourth-order valence-corrected chi connectivity index (χ4v) is 3.55. The Hall–Kier alpha value is -3.79. The standard InChI is InChI=1S/C22H25N7O3/c1-15-18(14-24-29(15)19-7-8-20(30)26-25-19)21(31)23-13-16-3-5-17(6-4-16)22(32)28-11-9-27(2)10-12-28/h3-8,14H,9-13H2,1-2H3,(H,23,31)(H,26,30). The van der Waals surface area contributed by atoms with Gasteiger partial charge in [0.1, 0.15) is 0 Å². The summed E-state index contributed by atoms with van der Waals surface area (Å²) in [5, 5.41) is 13.4. The van der Waals surface area contributed by atoms with Crippen molar-refractivity contribution in [2.24, 2.45) is 0 Å². The molecule has 2 aromatic heterocycles. The van der Waals surface area contributed by atoms with E-state index in [-0.39, 0.29) is 17.4 Å². The number of hydrogen-bond donors (Lipinski definition) is 2. The van der Waals surface area contributed by atoms with Crippen LogP contribution in [0.25, 0.3) is 5.82 Å². The number of carbonyl (C=O) groups is 2. The average Bonchev–Trinajstić information content (AvgIpc) is 3.20. The Bertz CT molecular complexity index is 1150. The number of aromatic amines is 1. The van der Waals surface area contributed by atoms with Gasteiger partial charge in [0.2, 0.25) is 0 Å². The SMILES string of the molecule is Cc1c(C(=O)NCc2ccc(C(=O)N3CCN(C)CC3)cc2)cnn1-c1ccc(=O)[nH]n1. The van der Waals surface area contributed by atoms with Crippen molar-refractivity contribution in [1.29, 1.82) is 0 Å². The third-order valence-corrected chi connectivity index (χ3v) is 5.58. The molecule has 2 amide bonds. The molecule has 0 atom stereocenters. The Kier molecular flexibility index (Phi) is 6.13. The molecule has 0 spiro atoms. The lowest BCUT2D eigenvalue weighted by atomic mass is 10.1. The predicted octanol–water partition coefficient (Wildman–Crippen LogP) is 0.582. The third-order valence-electron chi connectivity index (χ3n) is 5.58. The summed E-state index contributed by atoms with van der Waals surface area (Å²) < 4.78 is 1.49. The van der Waals surface area contributed by atoms with E-state index in [2.05, 4.69) is 32.6 Å². The number of H-pyrrole nitrogens is 1. The molecule has 0 bridgehead atoms. The molecule has 4 rings (SSSR count). The van der Waals surface area contributed by atoms with Crippen molar-refractivity contribution >= 4 is 11.8 Å². The van der Waals surface area contributed by atoms with Gasteiger partial charge in [-0.2, -0.15) is 10.2 Å². The van der Waals surface area contributed by atoms with Crippen molar-refractivity contribution in [3.8, 4) is 5.82 Å². The molecule has 3 aromatic rings. The topological polar surface area (TPSA) is 116 Å². The van der Waals surface area contributed by atoms with Crippen LogP contribution in [-0.4, -0.2) is 74.8 Å². The molecule has 1 saturated heterocycles. The van der Waals surface area contributed by atoms with Gasteiger partial charge in [-0.15, -0.1) is 0 Å². The van der Waals surface area contributed by atoms with Crippen LogP contribution in [0.1, 0.15) is 32.0 Å². The second kappa shape index (κ2) is 9.15. The second-order valence-corrected chi connectivity index (χ2v) is 7.81. The molecule has 1 fully saturated rings. The van der Waals surface area contributed by atoms with Gasteiger partial charge in [-0.1, -0.05) is 12.1 Å². The summed E-state index contributed by atoms with van der Waals surface area (Å²) in [5.74, 6) is 0.185. The maximum Gasteiger partial charge on any atom is 0.264 e. The lowest BCUT2D eigenvalue weighted by Gasteiger charge is -2.32. The fraction of sp³-hybridized carbons (Fsp3) is 0.318. The number of nitrogens with zero attached hydrogens (tertiary/aromatic N) is 5. The molecule has 0 radical (unpaired) electrons. The first kappa shape index (κ1) is 21.4. The quantitative estimate of drug-likeness (QED) is 0.606. The van der Waals surface area contributed by atoms with Crippen molar-refractivity contribution in [3.05, 3.63) is 75.3 Å². The summed E-state index contributed by atoms with van der Waals surface area (Å²) in [6, 6.07) is 10.2. The molecular formula is C22H25N7O3. The summed E-state index contributed by atoms with van der Waals surface area (Å²) in [4.78, 5) is 40.5. The number of nitrogens with one attached hydrogen (secondary N) is 2. The van der Waals surface area contributed by atoms with Crippen LogP contribution in [0.4, 0.5) is 0 Å². The van der Waals surface area contributed by atoms with Crippen LogP contribution in [0.5, 0.6) is 0 Å². The number of rotatable bonds is 5. The highest BCUT2D eigenvalue weighted by Gasteiger charge is 2.20. The van der Waals surface area contributed by atoms with Gasteiger partial charge in [-0.05, 0) is 37.7 Å². The average molecular weight is 435 g/mol. The summed E-state index contributed by atoms with van der Waals surface area (Å²) in [6.45, 7) is 5.30. The van der Waals surface area contributed by atoms with Crippen molar-refractivity contribution < 1.29 is 9.59 Å². The summed E-state index contributed by atoms with van der Waals surface area (Å²) in [5.41, 5.74) is 2.25. The van der Waals surface area contributed by atoms with Crippen LogP contribution in [0, 0.1) is 6.92 Å². The monoisotopic (exact) mass is 435 g/mol. The van der Waals surface area contributed by atoms with E-state index in [0.29, 0.717) is 29.2 Å². The molecule has 1 aliphatic heterocycles. The van der Waals surface area contributed by atoms with Gasteiger partial charge in [-0.3, -0.25) is 14.4 Å². The fourth-order valence-electron chi connectivity index (χ4n) is 3.55. The van der Waals surface area contributed by atoms with Crippen LogP contribution >= 0.6 is 0 Å². The first-order chi connectivity index (χ1) is 15.4. The minimum Gasteiger partial charge on any atom is -0.348 e. The first-order valence-electron chi connectivity index (χ1n) is 10.4. The maximum atomic E-state index is 12.6. The molecule has 3 heterocycles. The summed E-state index contributed by atoms with van der Waals surface area (Å²) in [7, 11) is 2.05.